The monoisotopic (exact) mass is 296 g/mol. The van der Waals surface area contributed by atoms with Crippen LogP contribution in [0.1, 0.15) is 19.8 Å². The fourth-order valence-electron chi connectivity index (χ4n) is 1.31. The number of aliphatic imine (C=N–C) groups is 1. The lowest BCUT2D eigenvalue weighted by atomic mass is 10.2. The van der Waals surface area contributed by atoms with Crippen molar-refractivity contribution in [2.45, 2.75) is 32.0 Å². The lowest BCUT2D eigenvalue weighted by molar-refractivity contribution is -0.511. The summed E-state index contributed by atoms with van der Waals surface area (Å²) >= 11 is 0. The van der Waals surface area contributed by atoms with Crippen LogP contribution in [0.25, 0.3) is 0 Å². The average molecular weight is 296 g/mol. The Labute approximate surface area is 110 Å². The minimum atomic E-state index is -4.82. The average Bonchev–Trinajstić information content (AvgIpc) is 2.30. The van der Waals surface area contributed by atoms with Crippen molar-refractivity contribution in [2.24, 2.45) is 16.5 Å². The molecule has 0 aromatic heterocycles. The molecule has 1 heterocycles. The third-order valence-electron chi connectivity index (χ3n) is 2.25. The molecule has 0 aromatic carbocycles. The number of hydrogen-bond acceptors (Lipinski definition) is 8. The molecule has 1 aliphatic rings. The largest absolute Gasteiger partial charge is 0.743 e. The highest BCUT2D eigenvalue weighted by atomic mass is 32.3. The van der Waals surface area contributed by atoms with E-state index < -0.39 is 28.6 Å². The van der Waals surface area contributed by atoms with Gasteiger partial charge in [-0.15, -0.1) is 0 Å². The summed E-state index contributed by atoms with van der Waals surface area (Å²) in [6.45, 7) is 2.14. The van der Waals surface area contributed by atoms with E-state index in [2.05, 4.69) is 9.18 Å². The standard InChI is InChI=1S/C8H16N4O6S/c1-2-3-4-17-7-5(18-19(14,15)16)6(9)12(13)8(10)11-7/h5-6H,2-4,9-10H2,1H3,(H,14,15,16). The second-order valence-corrected chi connectivity index (χ2v) is 4.82. The summed E-state index contributed by atoms with van der Waals surface area (Å²) in [5.74, 6) is -0.739. The van der Waals surface area contributed by atoms with Crippen LogP contribution in [0.2, 0.25) is 0 Å². The Morgan fingerprint density at radius 1 is 1.58 bits per heavy atom. The van der Waals surface area contributed by atoms with Crippen LogP contribution in [0.15, 0.2) is 4.99 Å². The Kier molecular flexibility index (Phi) is 5.05. The van der Waals surface area contributed by atoms with Crippen molar-refractivity contribution in [3.63, 3.8) is 0 Å². The van der Waals surface area contributed by atoms with E-state index in [1.165, 1.54) is 0 Å². The Morgan fingerprint density at radius 2 is 2.21 bits per heavy atom. The summed E-state index contributed by atoms with van der Waals surface area (Å²) < 4.78 is 39.6. The zero-order chi connectivity index (χ0) is 14.6. The SMILES string of the molecule is CCCCOC1=NC(N)=[N+]([O-])C(N)C1OS(=O)(=O)O. The van der Waals surface area contributed by atoms with Gasteiger partial charge >= 0.3 is 22.3 Å². The molecular formula is C8H16N4O6S. The van der Waals surface area contributed by atoms with Crippen molar-refractivity contribution < 1.29 is 26.6 Å². The van der Waals surface area contributed by atoms with Crippen LogP contribution >= 0.6 is 0 Å². The van der Waals surface area contributed by atoms with Gasteiger partial charge < -0.3 is 9.94 Å². The van der Waals surface area contributed by atoms with Crippen molar-refractivity contribution >= 4 is 22.3 Å². The fourth-order valence-corrected chi connectivity index (χ4v) is 1.77. The maximum absolute atomic E-state index is 11.4. The molecule has 0 saturated carbocycles. The molecule has 0 aliphatic carbocycles. The second kappa shape index (κ2) is 6.14. The van der Waals surface area contributed by atoms with Crippen LogP contribution in [0.5, 0.6) is 0 Å². The van der Waals surface area contributed by atoms with Crippen LogP contribution in [0.4, 0.5) is 0 Å². The summed E-state index contributed by atoms with van der Waals surface area (Å²) in [4.78, 5) is 3.57. The Morgan fingerprint density at radius 3 is 2.74 bits per heavy atom. The number of unbranched alkanes of at least 4 members (excludes halogenated alkanes) is 1. The van der Waals surface area contributed by atoms with E-state index in [-0.39, 0.29) is 17.2 Å². The van der Waals surface area contributed by atoms with Crippen molar-refractivity contribution in [3.8, 4) is 0 Å². The van der Waals surface area contributed by atoms with E-state index in [4.69, 9.17) is 20.8 Å². The smallest absolute Gasteiger partial charge is 0.398 e. The quantitative estimate of drug-likeness (QED) is 0.239. The molecule has 19 heavy (non-hydrogen) atoms. The maximum atomic E-state index is 11.4. The van der Waals surface area contributed by atoms with Gasteiger partial charge in [0.15, 0.2) is 6.17 Å². The Bertz CT molecular complexity index is 487. The molecule has 5 N–H and O–H groups in total. The summed E-state index contributed by atoms with van der Waals surface area (Å²) in [6, 6.07) is 0. The number of hydrogen-bond donors (Lipinski definition) is 3. The van der Waals surface area contributed by atoms with Gasteiger partial charge in [0, 0.05) is 0 Å². The number of guanidine groups is 1. The summed E-state index contributed by atoms with van der Waals surface area (Å²) in [5.41, 5.74) is 10.8. The predicted molar refractivity (Wildman–Crippen MR) is 65.5 cm³/mol. The predicted octanol–water partition coefficient (Wildman–Crippen LogP) is -1.49. The molecule has 0 fully saturated rings. The minimum absolute atomic E-state index is 0.0720. The highest BCUT2D eigenvalue weighted by Crippen LogP contribution is 2.11. The van der Waals surface area contributed by atoms with Gasteiger partial charge in [-0.25, -0.2) is 4.18 Å². The minimum Gasteiger partial charge on any atom is -0.743 e. The van der Waals surface area contributed by atoms with Crippen molar-refractivity contribution in [1.82, 2.24) is 0 Å². The lowest BCUT2D eigenvalue weighted by Gasteiger charge is -2.28. The summed E-state index contributed by atoms with van der Waals surface area (Å²) in [6.07, 6.45) is -1.54. The highest BCUT2D eigenvalue weighted by molar-refractivity contribution is 7.80. The molecule has 10 nitrogen and oxygen atoms in total. The van der Waals surface area contributed by atoms with Crippen LogP contribution in [-0.2, 0) is 19.3 Å². The molecule has 11 heteroatoms. The van der Waals surface area contributed by atoms with E-state index in [9.17, 15) is 13.6 Å². The zero-order valence-electron chi connectivity index (χ0n) is 10.2. The van der Waals surface area contributed by atoms with Crippen LogP contribution in [-0.4, -0.2) is 48.4 Å². The third-order valence-corrected chi connectivity index (χ3v) is 2.70. The van der Waals surface area contributed by atoms with Gasteiger partial charge in [0.05, 0.1) is 6.61 Å². The van der Waals surface area contributed by atoms with Crippen molar-refractivity contribution in [3.05, 3.63) is 5.21 Å². The van der Waals surface area contributed by atoms with Crippen molar-refractivity contribution in [1.29, 1.82) is 0 Å². The summed E-state index contributed by atoms with van der Waals surface area (Å²) in [5, 5.41) is 11.4. The lowest BCUT2D eigenvalue weighted by Crippen LogP contribution is -2.55. The molecule has 1 rings (SSSR count). The first kappa shape index (κ1) is 15.6. The Balaban J connectivity index is 2.94. The van der Waals surface area contributed by atoms with Gasteiger partial charge in [-0.3, -0.25) is 20.8 Å². The number of nitrogens with two attached hydrogens (primary N) is 2. The molecule has 0 aromatic rings. The van der Waals surface area contributed by atoms with E-state index in [0.29, 0.717) is 6.42 Å². The van der Waals surface area contributed by atoms with E-state index in [0.717, 1.165) is 6.42 Å². The number of hydroxylamine groups is 1. The molecule has 0 saturated heterocycles. The first-order valence-electron chi connectivity index (χ1n) is 5.47. The first-order chi connectivity index (χ1) is 8.76. The molecule has 0 radical (unpaired) electrons. The van der Waals surface area contributed by atoms with Gasteiger partial charge in [-0.1, -0.05) is 13.3 Å². The number of rotatable bonds is 5. The zero-order valence-corrected chi connectivity index (χ0v) is 11.0. The highest BCUT2D eigenvalue weighted by Gasteiger charge is 2.39. The van der Waals surface area contributed by atoms with Gasteiger partial charge in [-0.2, -0.15) is 8.42 Å². The maximum Gasteiger partial charge on any atom is 0.398 e. The third kappa shape index (κ3) is 4.31. The van der Waals surface area contributed by atoms with E-state index >= 15 is 0 Å². The first-order valence-corrected chi connectivity index (χ1v) is 6.84. The topological polar surface area (TPSA) is 163 Å². The van der Waals surface area contributed by atoms with Crippen LogP contribution in [0, 0.1) is 5.21 Å². The van der Waals surface area contributed by atoms with Crippen LogP contribution < -0.4 is 11.5 Å². The normalized spacial score (nSPS) is 24.3. The van der Waals surface area contributed by atoms with Gasteiger partial charge in [0.1, 0.15) is 0 Å². The molecule has 1 aliphatic heterocycles. The molecule has 2 unspecified atom stereocenters. The molecule has 2 atom stereocenters. The fraction of sp³-hybridized carbons (Fsp3) is 0.750. The summed E-state index contributed by atoms with van der Waals surface area (Å²) in [7, 11) is -4.82. The molecule has 0 spiro atoms. The number of ether oxygens (including phenoxy) is 1. The van der Waals surface area contributed by atoms with Crippen molar-refractivity contribution in [2.75, 3.05) is 6.61 Å². The Hall–Kier alpha value is -1.43. The van der Waals surface area contributed by atoms with Gasteiger partial charge in [-0.05, 0) is 11.4 Å². The van der Waals surface area contributed by atoms with Gasteiger partial charge in [0.2, 0.25) is 6.10 Å². The van der Waals surface area contributed by atoms with E-state index in [1.54, 1.807) is 0 Å². The molecule has 0 bridgehead atoms. The van der Waals surface area contributed by atoms with Crippen LogP contribution in [0.3, 0.4) is 0 Å². The van der Waals surface area contributed by atoms with Gasteiger partial charge in [0.25, 0.3) is 0 Å². The molecule has 0 amide bonds. The second-order valence-electron chi connectivity index (χ2n) is 3.77. The number of nitrogens with zero attached hydrogens (tertiary/aromatic N) is 2. The van der Waals surface area contributed by atoms with E-state index in [1.807, 2.05) is 6.92 Å². The molecular weight excluding hydrogens is 280 g/mol. The molecule has 110 valence electrons.